The second-order valence-electron chi connectivity index (χ2n) is 6.90. The summed E-state index contributed by atoms with van der Waals surface area (Å²) in [4.78, 5) is 12.0. The summed E-state index contributed by atoms with van der Waals surface area (Å²) in [5, 5.41) is 0. The SMILES string of the molecule is CCOC(=O)/C=C(/c1cccc(OCc2ccccc2)c1)C1[C@H](C)[C@H]1C. The molecule has 0 aromatic heterocycles. The summed E-state index contributed by atoms with van der Waals surface area (Å²) in [6.45, 7) is 7.19. The van der Waals surface area contributed by atoms with Crippen LogP contribution in [-0.4, -0.2) is 12.6 Å². The molecule has 0 bridgehead atoms. The summed E-state index contributed by atoms with van der Waals surface area (Å²) in [7, 11) is 0. The lowest BCUT2D eigenvalue weighted by Crippen LogP contribution is -2.03. The van der Waals surface area contributed by atoms with Gasteiger partial charge in [0, 0.05) is 6.08 Å². The molecule has 0 spiro atoms. The smallest absolute Gasteiger partial charge is 0.331 e. The Labute approximate surface area is 155 Å². The van der Waals surface area contributed by atoms with Crippen molar-refractivity contribution in [1.29, 1.82) is 0 Å². The van der Waals surface area contributed by atoms with Crippen LogP contribution >= 0.6 is 0 Å². The van der Waals surface area contributed by atoms with Crippen LogP contribution in [0.5, 0.6) is 5.75 Å². The number of esters is 1. The first-order chi connectivity index (χ1) is 12.6. The Kier molecular flexibility index (Phi) is 5.77. The molecule has 2 aromatic rings. The van der Waals surface area contributed by atoms with Gasteiger partial charge in [-0.15, -0.1) is 0 Å². The highest BCUT2D eigenvalue weighted by atomic mass is 16.5. The normalized spacial score (nSPS) is 22.0. The molecule has 0 aliphatic heterocycles. The first-order valence-electron chi connectivity index (χ1n) is 9.25. The molecule has 26 heavy (non-hydrogen) atoms. The third-order valence-electron chi connectivity index (χ3n) is 5.16. The van der Waals surface area contributed by atoms with E-state index in [9.17, 15) is 4.79 Å². The zero-order valence-electron chi connectivity index (χ0n) is 15.6. The van der Waals surface area contributed by atoms with Gasteiger partial charge in [0.2, 0.25) is 0 Å². The van der Waals surface area contributed by atoms with Gasteiger partial charge in [0.15, 0.2) is 0 Å². The number of hydrogen-bond acceptors (Lipinski definition) is 3. The van der Waals surface area contributed by atoms with Crippen LogP contribution in [0.1, 0.15) is 31.9 Å². The fourth-order valence-electron chi connectivity index (χ4n) is 3.42. The van der Waals surface area contributed by atoms with Crippen molar-refractivity contribution in [3.05, 3.63) is 71.8 Å². The Balaban J connectivity index is 1.80. The Morgan fingerprint density at radius 1 is 1.04 bits per heavy atom. The summed E-state index contributed by atoms with van der Waals surface area (Å²) < 4.78 is 11.1. The van der Waals surface area contributed by atoms with Crippen LogP contribution in [0.3, 0.4) is 0 Å². The molecular formula is C23H26O3. The van der Waals surface area contributed by atoms with E-state index in [-0.39, 0.29) is 5.97 Å². The molecule has 2 atom stereocenters. The maximum Gasteiger partial charge on any atom is 0.331 e. The summed E-state index contributed by atoms with van der Waals surface area (Å²) in [6, 6.07) is 18.1. The van der Waals surface area contributed by atoms with Gasteiger partial charge in [-0.3, -0.25) is 0 Å². The second-order valence-corrected chi connectivity index (χ2v) is 6.90. The highest BCUT2D eigenvalue weighted by Gasteiger charge is 2.45. The number of carbonyl (C=O) groups is 1. The topological polar surface area (TPSA) is 35.5 Å². The van der Waals surface area contributed by atoms with Gasteiger partial charge in [-0.1, -0.05) is 56.3 Å². The van der Waals surface area contributed by atoms with Crippen LogP contribution in [0.2, 0.25) is 0 Å². The predicted molar refractivity (Wildman–Crippen MR) is 104 cm³/mol. The maximum absolute atomic E-state index is 12.0. The van der Waals surface area contributed by atoms with Crippen molar-refractivity contribution >= 4 is 11.5 Å². The third-order valence-corrected chi connectivity index (χ3v) is 5.16. The quantitative estimate of drug-likeness (QED) is 0.514. The molecule has 1 saturated carbocycles. The van der Waals surface area contributed by atoms with Crippen molar-refractivity contribution < 1.29 is 14.3 Å². The Hall–Kier alpha value is -2.55. The van der Waals surface area contributed by atoms with Crippen LogP contribution in [0, 0.1) is 17.8 Å². The van der Waals surface area contributed by atoms with Crippen molar-refractivity contribution in [2.45, 2.75) is 27.4 Å². The average Bonchev–Trinajstić information content (AvgIpc) is 3.25. The molecule has 0 N–H and O–H groups in total. The number of rotatable bonds is 7. The Morgan fingerprint density at radius 2 is 1.77 bits per heavy atom. The van der Waals surface area contributed by atoms with Gasteiger partial charge in [0.1, 0.15) is 12.4 Å². The van der Waals surface area contributed by atoms with Gasteiger partial charge in [-0.25, -0.2) is 4.79 Å². The van der Waals surface area contributed by atoms with Gasteiger partial charge >= 0.3 is 5.97 Å². The number of ether oxygens (including phenoxy) is 2. The molecule has 3 rings (SSSR count). The minimum atomic E-state index is -0.274. The van der Waals surface area contributed by atoms with Crippen molar-refractivity contribution in [1.82, 2.24) is 0 Å². The van der Waals surface area contributed by atoms with Crippen molar-refractivity contribution in [2.75, 3.05) is 6.61 Å². The number of hydrogen-bond donors (Lipinski definition) is 0. The first-order valence-corrected chi connectivity index (χ1v) is 9.25. The summed E-state index contributed by atoms with van der Waals surface area (Å²) in [5.41, 5.74) is 3.21. The van der Waals surface area contributed by atoms with Gasteiger partial charge in [-0.2, -0.15) is 0 Å². The van der Waals surface area contributed by atoms with E-state index in [2.05, 4.69) is 13.8 Å². The monoisotopic (exact) mass is 350 g/mol. The standard InChI is InChI=1S/C23H26O3/c1-4-25-22(24)14-21(23-16(2)17(23)3)19-11-8-12-20(13-19)26-15-18-9-6-5-7-10-18/h5-14,16-17,23H,4,15H2,1-3H3/b21-14-/t16-,17-/m1/s1. The van der Waals surface area contributed by atoms with E-state index in [0.29, 0.717) is 31.0 Å². The maximum atomic E-state index is 12.0. The van der Waals surface area contributed by atoms with Crippen molar-refractivity contribution in [3.63, 3.8) is 0 Å². The number of allylic oxidation sites excluding steroid dienone is 1. The lowest BCUT2D eigenvalue weighted by molar-refractivity contribution is -0.137. The van der Waals surface area contributed by atoms with Gasteiger partial charge in [-0.05, 0) is 53.5 Å². The molecule has 1 aliphatic rings. The molecule has 2 aromatic carbocycles. The molecule has 0 amide bonds. The average molecular weight is 350 g/mol. The van der Waals surface area contributed by atoms with Crippen LogP contribution in [0.4, 0.5) is 0 Å². The van der Waals surface area contributed by atoms with Gasteiger partial charge in [0.05, 0.1) is 6.61 Å². The summed E-state index contributed by atoms with van der Waals surface area (Å²) in [5.74, 6) is 2.07. The van der Waals surface area contributed by atoms with Gasteiger partial charge in [0.25, 0.3) is 0 Å². The molecule has 136 valence electrons. The van der Waals surface area contributed by atoms with Gasteiger partial charge < -0.3 is 9.47 Å². The second kappa shape index (κ2) is 8.22. The van der Waals surface area contributed by atoms with Crippen LogP contribution < -0.4 is 4.74 Å². The van der Waals surface area contributed by atoms with E-state index in [4.69, 9.17) is 9.47 Å². The fraction of sp³-hybridized carbons (Fsp3) is 0.348. The molecule has 3 heteroatoms. The molecule has 1 aliphatic carbocycles. The van der Waals surface area contributed by atoms with Crippen molar-refractivity contribution in [2.24, 2.45) is 17.8 Å². The van der Waals surface area contributed by atoms with Crippen LogP contribution in [0.15, 0.2) is 60.7 Å². The van der Waals surface area contributed by atoms with E-state index < -0.39 is 0 Å². The molecular weight excluding hydrogens is 324 g/mol. The molecule has 1 fully saturated rings. The molecule has 0 unspecified atom stereocenters. The Bertz CT molecular complexity index is 771. The van der Waals surface area contributed by atoms with Crippen molar-refractivity contribution in [3.8, 4) is 5.75 Å². The first kappa shape index (κ1) is 18.2. The summed E-state index contributed by atoms with van der Waals surface area (Å²) in [6.07, 6.45) is 1.66. The fourth-order valence-corrected chi connectivity index (χ4v) is 3.42. The largest absolute Gasteiger partial charge is 0.489 e. The molecule has 0 radical (unpaired) electrons. The van der Waals surface area contributed by atoms with E-state index in [1.807, 2.05) is 61.5 Å². The lowest BCUT2D eigenvalue weighted by atomic mass is 9.98. The highest BCUT2D eigenvalue weighted by molar-refractivity contribution is 5.92. The minimum Gasteiger partial charge on any atom is -0.489 e. The van der Waals surface area contributed by atoms with Crippen LogP contribution in [-0.2, 0) is 16.1 Å². The lowest BCUT2D eigenvalue weighted by Gasteiger charge is -2.11. The molecule has 0 heterocycles. The highest BCUT2D eigenvalue weighted by Crippen LogP contribution is 2.53. The van der Waals surface area contributed by atoms with E-state index in [0.717, 1.165) is 22.4 Å². The van der Waals surface area contributed by atoms with E-state index in [1.165, 1.54) is 0 Å². The zero-order chi connectivity index (χ0) is 18.5. The number of carbonyl (C=O) groups excluding carboxylic acids is 1. The third kappa shape index (κ3) is 4.34. The summed E-state index contributed by atoms with van der Waals surface area (Å²) >= 11 is 0. The minimum absolute atomic E-state index is 0.274. The predicted octanol–water partition coefficient (Wildman–Crippen LogP) is 5.11. The van der Waals surface area contributed by atoms with E-state index in [1.54, 1.807) is 6.08 Å². The Morgan fingerprint density at radius 3 is 2.42 bits per heavy atom. The van der Waals surface area contributed by atoms with Crippen LogP contribution in [0.25, 0.3) is 5.57 Å². The number of benzene rings is 2. The zero-order valence-corrected chi connectivity index (χ0v) is 15.6. The van der Waals surface area contributed by atoms with E-state index >= 15 is 0 Å². The molecule has 3 nitrogen and oxygen atoms in total. The molecule has 0 saturated heterocycles.